The maximum absolute atomic E-state index is 11.6. The molecule has 1 amide bonds. The largest absolute Gasteiger partial charge is 0.366 e. The monoisotopic (exact) mass is 257 g/mol. The van der Waals surface area contributed by atoms with Crippen molar-refractivity contribution in [3.63, 3.8) is 0 Å². The second-order valence-corrected chi connectivity index (χ2v) is 6.55. The lowest BCUT2D eigenvalue weighted by molar-refractivity contribution is 0.0770. The Kier molecular flexibility index (Phi) is 3.34. The number of primary amides is 1. The van der Waals surface area contributed by atoms with Crippen LogP contribution < -0.4 is 5.73 Å². The standard InChI is InChI=1S/C17H23NO/c18-16(19)15-8-2-1-7-14(15)12-17-9-3-5-13(11-17)6-4-10-17/h1-2,7-8,13H,3-6,9-12H2,(H2,18,19). The molecule has 2 bridgehead atoms. The van der Waals surface area contributed by atoms with Crippen molar-refractivity contribution in [2.45, 2.75) is 51.4 Å². The number of nitrogens with two attached hydrogens (primary N) is 1. The Bertz CT molecular complexity index is 470. The van der Waals surface area contributed by atoms with Gasteiger partial charge in [0.1, 0.15) is 0 Å². The number of rotatable bonds is 3. The van der Waals surface area contributed by atoms with Gasteiger partial charge in [-0.15, -0.1) is 0 Å². The third kappa shape index (κ3) is 2.54. The summed E-state index contributed by atoms with van der Waals surface area (Å²) in [4.78, 5) is 11.6. The Hall–Kier alpha value is -1.31. The molecule has 0 radical (unpaired) electrons. The fourth-order valence-electron chi connectivity index (χ4n) is 4.39. The summed E-state index contributed by atoms with van der Waals surface area (Å²) in [6, 6.07) is 7.90. The van der Waals surface area contributed by atoms with E-state index >= 15 is 0 Å². The third-order valence-corrected chi connectivity index (χ3v) is 5.21. The summed E-state index contributed by atoms with van der Waals surface area (Å²) in [5, 5.41) is 0. The molecule has 19 heavy (non-hydrogen) atoms. The van der Waals surface area contributed by atoms with Crippen LogP contribution in [0.2, 0.25) is 0 Å². The fourth-order valence-corrected chi connectivity index (χ4v) is 4.39. The average Bonchev–Trinajstić information content (AvgIpc) is 2.39. The molecule has 2 N–H and O–H groups in total. The lowest BCUT2D eigenvalue weighted by atomic mass is 9.60. The Morgan fingerprint density at radius 1 is 1.21 bits per heavy atom. The minimum absolute atomic E-state index is 0.282. The summed E-state index contributed by atoms with van der Waals surface area (Å²) in [6.07, 6.45) is 10.6. The van der Waals surface area contributed by atoms with Crippen LogP contribution in [0, 0.1) is 11.3 Å². The predicted molar refractivity (Wildman–Crippen MR) is 76.9 cm³/mol. The molecule has 0 spiro atoms. The third-order valence-electron chi connectivity index (χ3n) is 5.21. The van der Waals surface area contributed by atoms with Crippen molar-refractivity contribution in [3.8, 4) is 0 Å². The van der Waals surface area contributed by atoms with Gasteiger partial charge in [0.05, 0.1) is 0 Å². The molecular weight excluding hydrogens is 234 g/mol. The van der Waals surface area contributed by atoms with E-state index in [-0.39, 0.29) is 5.91 Å². The van der Waals surface area contributed by atoms with E-state index in [1.165, 1.54) is 44.9 Å². The molecule has 0 atom stereocenters. The van der Waals surface area contributed by atoms with Gasteiger partial charge >= 0.3 is 0 Å². The first-order valence-corrected chi connectivity index (χ1v) is 7.56. The van der Waals surface area contributed by atoms with Gasteiger partial charge in [-0.25, -0.2) is 0 Å². The van der Waals surface area contributed by atoms with Crippen LogP contribution in [-0.4, -0.2) is 5.91 Å². The van der Waals surface area contributed by atoms with Gasteiger partial charge in [-0.3, -0.25) is 4.79 Å². The van der Waals surface area contributed by atoms with Crippen molar-refractivity contribution in [2.75, 3.05) is 0 Å². The van der Waals surface area contributed by atoms with E-state index in [0.29, 0.717) is 5.41 Å². The zero-order valence-electron chi connectivity index (χ0n) is 11.5. The smallest absolute Gasteiger partial charge is 0.248 e. The lowest BCUT2D eigenvalue weighted by Crippen LogP contribution is -2.35. The first-order chi connectivity index (χ1) is 9.19. The molecule has 3 rings (SSSR count). The van der Waals surface area contributed by atoms with Gasteiger partial charge in [0.15, 0.2) is 0 Å². The van der Waals surface area contributed by atoms with Crippen molar-refractivity contribution < 1.29 is 4.79 Å². The quantitative estimate of drug-likeness (QED) is 0.881. The summed E-state index contributed by atoms with van der Waals surface area (Å²) >= 11 is 0. The van der Waals surface area contributed by atoms with Crippen LogP contribution in [0.25, 0.3) is 0 Å². The molecular formula is C17H23NO. The zero-order valence-corrected chi connectivity index (χ0v) is 11.5. The van der Waals surface area contributed by atoms with Crippen molar-refractivity contribution >= 4 is 5.91 Å². The van der Waals surface area contributed by atoms with Gasteiger partial charge in [0.25, 0.3) is 0 Å². The van der Waals surface area contributed by atoms with Gasteiger partial charge < -0.3 is 5.73 Å². The fraction of sp³-hybridized carbons (Fsp3) is 0.588. The van der Waals surface area contributed by atoms with Gasteiger partial charge in [-0.1, -0.05) is 43.9 Å². The van der Waals surface area contributed by atoms with Gasteiger partial charge in [-0.2, -0.15) is 0 Å². The number of fused-ring (bicyclic) bond motifs is 2. The van der Waals surface area contributed by atoms with Gasteiger partial charge in [-0.05, 0) is 48.6 Å². The molecule has 0 aliphatic heterocycles. The van der Waals surface area contributed by atoms with E-state index < -0.39 is 0 Å². The molecule has 2 saturated carbocycles. The van der Waals surface area contributed by atoms with E-state index in [1.807, 2.05) is 18.2 Å². The first-order valence-electron chi connectivity index (χ1n) is 7.56. The van der Waals surface area contributed by atoms with Crippen LogP contribution in [0.4, 0.5) is 0 Å². The highest BCUT2D eigenvalue weighted by Gasteiger charge is 2.39. The Balaban J connectivity index is 1.86. The van der Waals surface area contributed by atoms with E-state index in [0.717, 1.165) is 23.5 Å². The number of carbonyl (C=O) groups excluding carboxylic acids is 1. The second-order valence-electron chi connectivity index (χ2n) is 6.55. The van der Waals surface area contributed by atoms with E-state index in [4.69, 9.17) is 5.73 Å². The highest BCUT2D eigenvalue weighted by molar-refractivity contribution is 5.94. The number of hydrogen-bond acceptors (Lipinski definition) is 1. The summed E-state index contributed by atoms with van der Waals surface area (Å²) in [5.41, 5.74) is 7.85. The molecule has 2 aliphatic carbocycles. The van der Waals surface area contributed by atoms with Gasteiger partial charge in [0.2, 0.25) is 5.91 Å². The van der Waals surface area contributed by atoms with Crippen LogP contribution in [0.15, 0.2) is 24.3 Å². The SMILES string of the molecule is NC(=O)c1ccccc1CC12CCCC(CCC1)C2. The maximum Gasteiger partial charge on any atom is 0.248 e. The summed E-state index contributed by atoms with van der Waals surface area (Å²) in [5.74, 6) is 0.651. The maximum atomic E-state index is 11.6. The topological polar surface area (TPSA) is 43.1 Å². The zero-order chi connectivity index (χ0) is 13.3. The van der Waals surface area contributed by atoms with E-state index in [1.54, 1.807) is 0 Å². The molecule has 1 aromatic rings. The normalized spacial score (nSPS) is 30.0. The average molecular weight is 257 g/mol. The second kappa shape index (κ2) is 4.99. The number of hydrogen-bond donors (Lipinski definition) is 1. The minimum atomic E-state index is -0.282. The van der Waals surface area contributed by atoms with Crippen molar-refractivity contribution in [3.05, 3.63) is 35.4 Å². The molecule has 2 fully saturated rings. The van der Waals surface area contributed by atoms with Crippen molar-refractivity contribution in [1.82, 2.24) is 0 Å². The molecule has 0 heterocycles. The van der Waals surface area contributed by atoms with Crippen LogP contribution >= 0.6 is 0 Å². The van der Waals surface area contributed by atoms with Crippen LogP contribution in [-0.2, 0) is 6.42 Å². The lowest BCUT2D eigenvalue weighted by Gasteiger charge is -2.45. The molecule has 2 aliphatic rings. The van der Waals surface area contributed by atoms with Crippen LogP contribution in [0.1, 0.15) is 60.9 Å². The molecule has 0 saturated heterocycles. The predicted octanol–water partition coefficient (Wildman–Crippen LogP) is 3.69. The molecule has 0 unspecified atom stereocenters. The van der Waals surface area contributed by atoms with E-state index in [2.05, 4.69) is 6.07 Å². The van der Waals surface area contributed by atoms with Gasteiger partial charge in [0, 0.05) is 5.56 Å². The molecule has 102 valence electrons. The minimum Gasteiger partial charge on any atom is -0.366 e. The molecule has 2 nitrogen and oxygen atoms in total. The highest BCUT2D eigenvalue weighted by Crippen LogP contribution is 2.50. The molecule has 0 aromatic heterocycles. The Labute approximate surface area is 115 Å². The Morgan fingerprint density at radius 3 is 2.58 bits per heavy atom. The van der Waals surface area contributed by atoms with E-state index in [9.17, 15) is 4.79 Å². The van der Waals surface area contributed by atoms with Crippen molar-refractivity contribution in [1.29, 1.82) is 0 Å². The summed E-state index contributed by atoms with van der Waals surface area (Å²) in [6.45, 7) is 0. The highest BCUT2D eigenvalue weighted by atomic mass is 16.1. The molecule has 1 aromatic carbocycles. The Morgan fingerprint density at radius 2 is 1.89 bits per heavy atom. The van der Waals surface area contributed by atoms with Crippen LogP contribution in [0.5, 0.6) is 0 Å². The first kappa shape index (κ1) is 12.7. The molecule has 2 heteroatoms. The number of amides is 1. The van der Waals surface area contributed by atoms with Crippen molar-refractivity contribution in [2.24, 2.45) is 17.1 Å². The number of carbonyl (C=O) groups is 1. The van der Waals surface area contributed by atoms with Crippen LogP contribution in [0.3, 0.4) is 0 Å². The number of benzene rings is 1. The summed E-state index contributed by atoms with van der Waals surface area (Å²) < 4.78 is 0. The summed E-state index contributed by atoms with van der Waals surface area (Å²) in [7, 11) is 0.